The average Bonchev–Trinajstić information content (AvgIpc) is 2.97. The van der Waals surface area contributed by atoms with Gasteiger partial charge in [0.15, 0.2) is 0 Å². The zero-order chi connectivity index (χ0) is 14.8. The van der Waals surface area contributed by atoms with Crippen LogP contribution in [0.15, 0.2) is 0 Å². The molecule has 2 saturated carbocycles. The van der Waals surface area contributed by atoms with E-state index in [1.54, 1.807) is 0 Å². The van der Waals surface area contributed by atoms with Crippen molar-refractivity contribution in [3.05, 3.63) is 0 Å². The lowest BCUT2D eigenvalue weighted by molar-refractivity contribution is 0.0237. The van der Waals surface area contributed by atoms with Gasteiger partial charge in [-0.3, -0.25) is 0 Å². The maximum absolute atomic E-state index is 9.88. The van der Waals surface area contributed by atoms with Crippen LogP contribution in [0.4, 0.5) is 0 Å². The Bertz CT molecular complexity index is 326. The van der Waals surface area contributed by atoms with Crippen molar-refractivity contribution < 1.29 is 5.11 Å². The number of piperidine rings is 1. The van der Waals surface area contributed by atoms with E-state index in [4.69, 9.17) is 0 Å². The lowest BCUT2D eigenvalue weighted by atomic mass is 9.74. The number of nitrogens with one attached hydrogen (secondary N) is 1. The van der Waals surface area contributed by atoms with E-state index in [9.17, 15) is 5.11 Å². The van der Waals surface area contributed by atoms with E-state index in [2.05, 4.69) is 17.1 Å². The van der Waals surface area contributed by atoms with Gasteiger partial charge < -0.3 is 15.3 Å². The van der Waals surface area contributed by atoms with E-state index in [1.807, 2.05) is 0 Å². The van der Waals surface area contributed by atoms with Crippen molar-refractivity contribution in [2.45, 2.75) is 82.7 Å². The molecule has 0 aromatic carbocycles. The van der Waals surface area contributed by atoms with Gasteiger partial charge in [-0.1, -0.05) is 19.8 Å². The summed E-state index contributed by atoms with van der Waals surface area (Å²) in [6.45, 7) is 6.04. The molecule has 0 amide bonds. The molecule has 3 fully saturated rings. The first-order valence-electron chi connectivity index (χ1n) is 9.31. The molecule has 2 aliphatic carbocycles. The first kappa shape index (κ1) is 15.8. The van der Waals surface area contributed by atoms with Crippen LogP contribution in [-0.4, -0.2) is 47.8 Å². The molecular formula is C18H34N2O. The van der Waals surface area contributed by atoms with Crippen LogP contribution < -0.4 is 5.32 Å². The fraction of sp³-hybridized carbons (Fsp3) is 1.00. The second-order valence-electron chi connectivity index (χ2n) is 7.96. The molecule has 1 aliphatic heterocycles. The van der Waals surface area contributed by atoms with Gasteiger partial charge in [-0.25, -0.2) is 0 Å². The Morgan fingerprint density at radius 2 is 1.76 bits per heavy atom. The lowest BCUT2D eigenvalue weighted by Crippen LogP contribution is -2.57. The number of likely N-dealkylation sites (N-methyl/N-ethyl adjacent to an activating group) is 1. The van der Waals surface area contributed by atoms with Crippen LogP contribution in [-0.2, 0) is 0 Å². The molecule has 21 heavy (non-hydrogen) atoms. The summed E-state index contributed by atoms with van der Waals surface area (Å²) >= 11 is 0. The number of rotatable bonds is 4. The van der Waals surface area contributed by atoms with Crippen molar-refractivity contribution >= 4 is 0 Å². The van der Waals surface area contributed by atoms with Gasteiger partial charge >= 0.3 is 0 Å². The molecule has 122 valence electrons. The van der Waals surface area contributed by atoms with E-state index in [0.29, 0.717) is 12.6 Å². The quantitative estimate of drug-likeness (QED) is 0.837. The fourth-order valence-corrected chi connectivity index (χ4v) is 5.37. The van der Waals surface area contributed by atoms with Crippen LogP contribution in [0.2, 0.25) is 0 Å². The van der Waals surface area contributed by atoms with E-state index >= 15 is 0 Å². The van der Waals surface area contributed by atoms with Crippen LogP contribution in [0.25, 0.3) is 0 Å². The minimum atomic E-state index is 0.000158. The van der Waals surface area contributed by atoms with Crippen molar-refractivity contribution in [1.82, 2.24) is 10.2 Å². The molecule has 3 rings (SSSR count). The maximum atomic E-state index is 9.88. The molecule has 0 aromatic heterocycles. The van der Waals surface area contributed by atoms with Crippen LogP contribution in [0, 0.1) is 5.41 Å². The summed E-state index contributed by atoms with van der Waals surface area (Å²) in [5.74, 6) is 0. The number of nitrogens with zero attached hydrogens (tertiary/aromatic N) is 1. The van der Waals surface area contributed by atoms with Crippen molar-refractivity contribution in [2.24, 2.45) is 5.41 Å². The molecule has 2 N–H and O–H groups in total. The van der Waals surface area contributed by atoms with Gasteiger partial charge in [0.25, 0.3) is 0 Å². The first-order chi connectivity index (χ1) is 10.2. The van der Waals surface area contributed by atoms with Crippen LogP contribution in [0.1, 0.15) is 71.1 Å². The third-order valence-corrected chi connectivity index (χ3v) is 6.71. The summed E-state index contributed by atoms with van der Waals surface area (Å²) in [7, 11) is 0. The van der Waals surface area contributed by atoms with Gasteiger partial charge in [-0.2, -0.15) is 0 Å². The SMILES string of the molecule is CCNC1(CO)CCCC(N2CCC3(CCCC3)CC2)C1. The third-order valence-electron chi connectivity index (χ3n) is 6.71. The molecule has 3 aliphatic rings. The molecule has 1 heterocycles. The van der Waals surface area contributed by atoms with Crippen LogP contribution in [0.3, 0.4) is 0 Å². The highest BCUT2D eigenvalue weighted by atomic mass is 16.3. The van der Waals surface area contributed by atoms with Gasteiger partial charge in [0.1, 0.15) is 0 Å². The molecule has 0 aromatic rings. The largest absolute Gasteiger partial charge is 0.394 e. The first-order valence-corrected chi connectivity index (χ1v) is 9.31. The zero-order valence-corrected chi connectivity index (χ0v) is 13.9. The molecule has 2 atom stereocenters. The number of likely N-dealkylation sites (tertiary alicyclic amines) is 1. The summed E-state index contributed by atoms with van der Waals surface area (Å²) in [6, 6.07) is 0.698. The van der Waals surface area contributed by atoms with E-state index in [1.165, 1.54) is 64.5 Å². The minimum absolute atomic E-state index is 0.000158. The normalized spacial score (nSPS) is 37.1. The molecule has 0 bridgehead atoms. The topological polar surface area (TPSA) is 35.5 Å². The van der Waals surface area contributed by atoms with E-state index in [-0.39, 0.29) is 5.54 Å². The second-order valence-corrected chi connectivity index (χ2v) is 7.96. The number of hydrogen-bond acceptors (Lipinski definition) is 3. The summed E-state index contributed by atoms with van der Waals surface area (Å²) in [6.07, 6.45) is 13.7. The summed E-state index contributed by atoms with van der Waals surface area (Å²) < 4.78 is 0. The Labute approximate surface area is 130 Å². The third kappa shape index (κ3) is 3.30. The zero-order valence-electron chi connectivity index (χ0n) is 13.9. The maximum Gasteiger partial charge on any atom is 0.0613 e. The Kier molecular flexibility index (Phi) is 4.92. The predicted molar refractivity (Wildman–Crippen MR) is 87.5 cm³/mol. The van der Waals surface area contributed by atoms with Crippen molar-refractivity contribution in [3.63, 3.8) is 0 Å². The minimum Gasteiger partial charge on any atom is -0.394 e. The summed E-state index contributed by atoms with van der Waals surface area (Å²) in [4.78, 5) is 2.75. The van der Waals surface area contributed by atoms with Gasteiger partial charge in [-0.15, -0.1) is 0 Å². The molecule has 3 nitrogen and oxygen atoms in total. The van der Waals surface area contributed by atoms with E-state index in [0.717, 1.165) is 24.8 Å². The number of aliphatic hydroxyl groups excluding tert-OH is 1. The van der Waals surface area contributed by atoms with E-state index < -0.39 is 0 Å². The van der Waals surface area contributed by atoms with Crippen molar-refractivity contribution in [1.29, 1.82) is 0 Å². The monoisotopic (exact) mass is 294 g/mol. The van der Waals surface area contributed by atoms with Gasteiger partial charge in [0.05, 0.1) is 6.61 Å². The van der Waals surface area contributed by atoms with Crippen LogP contribution in [0.5, 0.6) is 0 Å². The standard InChI is InChI=1S/C18H34N2O/c1-2-19-18(15-21)9-5-6-16(14-18)20-12-10-17(11-13-20)7-3-4-8-17/h16,19,21H,2-15H2,1H3. The van der Waals surface area contributed by atoms with Gasteiger partial charge in [-0.05, 0) is 76.4 Å². The molecule has 0 radical (unpaired) electrons. The Hall–Kier alpha value is -0.120. The van der Waals surface area contributed by atoms with Gasteiger partial charge in [0.2, 0.25) is 0 Å². The molecular weight excluding hydrogens is 260 g/mol. The number of hydrogen-bond donors (Lipinski definition) is 2. The lowest BCUT2D eigenvalue weighted by Gasteiger charge is -2.48. The molecule has 1 saturated heterocycles. The Balaban J connectivity index is 1.57. The average molecular weight is 294 g/mol. The van der Waals surface area contributed by atoms with Crippen molar-refractivity contribution in [3.8, 4) is 0 Å². The highest BCUT2D eigenvalue weighted by Crippen LogP contribution is 2.47. The molecule has 3 heteroatoms. The highest BCUT2D eigenvalue weighted by Gasteiger charge is 2.41. The van der Waals surface area contributed by atoms with Crippen molar-refractivity contribution in [2.75, 3.05) is 26.2 Å². The summed E-state index contributed by atoms with van der Waals surface area (Å²) in [5, 5.41) is 13.5. The predicted octanol–water partition coefficient (Wildman–Crippen LogP) is 2.93. The molecule has 2 unspecified atom stereocenters. The van der Waals surface area contributed by atoms with Crippen LogP contribution >= 0.6 is 0 Å². The van der Waals surface area contributed by atoms with Gasteiger partial charge in [0, 0.05) is 11.6 Å². The Morgan fingerprint density at radius 3 is 2.38 bits per heavy atom. The fourth-order valence-electron chi connectivity index (χ4n) is 5.37. The number of aliphatic hydroxyl groups is 1. The highest BCUT2D eigenvalue weighted by molar-refractivity contribution is 4.98. The summed E-state index contributed by atoms with van der Waals surface area (Å²) in [5.41, 5.74) is 0.723. The second kappa shape index (κ2) is 6.55. The molecule has 1 spiro atoms. The Morgan fingerprint density at radius 1 is 1.05 bits per heavy atom. The smallest absolute Gasteiger partial charge is 0.0613 e.